The molecular formula is C12H12N4O5. The minimum Gasteiger partial charge on any atom is -0.319 e. The number of hydrogen-bond donors (Lipinski definition) is 1. The largest absolute Gasteiger partial charge is 0.327 e. The molecule has 0 atom stereocenters. The van der Waals surface area contributed by atoms with Crippen molar-refractivity contribution in [1.82, 2.24) is 9.80 Å². The predicted molar refractivity (Wildman–Crippen MR) is 71.5 cm³/mol. The van der Waals surface area contributed by atoms with Crippen molar-refractivity contribution < 1.29 is 19.3 Å². The number of carbonyl (C=O) groups is 3. The Labute approximate surface area is 119 Å². The number of benzene rings is 1. The van der Waals surface area contributed by atoms with Gasteiger partial charge in [0.1, 0.15) is 18.8 Å². The normalized spacial score (nSPS) is 14.5. The maximum Gasteiger partial charge on any atom is 0.327 e. The molecule has 9 heteroatoms. The summed E-state index contributed by atoms with van der Waals surface area (Å²) < 4.78 is 0. The van der Waals surface area contributed by atoms with Gasteiger partial charge in [0.25, 0.3) is 11.6 Å². The number of likely N-dealkylation sites (N-methyl/N-ethyl adjacent to an activating group) is 1. The highest BCUT2D eigenvalue weighted by Crippen LogP contribution is 2.23. The van der Waals surface area contributed by atoms with E-state index in [1.807, 2.05) is 0 Å². The maximum atomic E-state index is 11.8. The van der Waals surface area contributed by atoms with Crippen LogP contribution in [0.5, 0.6) is 0 Å². The van der Waals surface area contributed by atoms with Crippen molar-refractivity contribution in [2.45, 2.75) is 0 Å². The minimum atomic E-state index is -0.679. The van der Waals surface area contributed by atoms with E-state index in [2.05, 4.69) is 5.32 Å². The van der Waals surface area contributed by atoms with Crippen LogP contribution in [0.25, 0.3) is 0 Å². The fourth-order valence-electron chi connectivity index (χ4n) is 1.90. The first kappa shape index (κ1) is 14.4. The third kappa shape index (κ3) is 2.96. The van der Waals surface area contributed by atoms with Gasteiger partial charge in [0, 0.05) is 13.1 Å². The summed E-state index contributed by atoms with van der Waals surface area (Å²) in [7, 11) is 1.44. The third-order valence-corrected chi connectivity index (χ3v) is 2.91. The van der Waals surface area contributed by atoms with Crippen molar-refractivity contribution in [3.63, 3.8) is 0 Å². The van der Waals surface area contributed by atoms with Gasteiger partial charge in [0.05, 0.1) is 4.92 Å². The van der Waals surface area contributed by atoms with Crippen LogP contribution < -0.4 is 5.32 Å². The van der Waals surface area contributed by atoms with Crippen LogP contribution in [0.1, 0.15) is 0 Å². The van der Waals surface area contributed by atoms with Gasteiger partial charge in [-0.1, -0.05) is 12.1 Å². The number of urea groups is 1. The van der Waals surface area contributed by atoms with Crippen LogP contribution in [-0.2, 0) is 9.59 Å². The van der Waals surface area contributed by atoms with Gasteiger partial charge >= 0.3 is 6.03 Å². The zero-order valence-corrected chi connectivity index (χ0v) is 11.1. The molecule has 0 aliphatic carbocycles. The average Bonchev–Trinajstić information content (AvgIpc) is 2.66. The summed E-state index contributed by atoms with van der Waals surface area (Å²) in [5.41, 5.74) is -0.248. The van der Waals surface area contributed by atoms with Crippen molar-refractivity contribution in [3.8, 4) is 0 Å². The molecule has 0 aromatic heterocycles. The van der Waals surface area contributed by atoms with Gasteiger partial charge in [-0.05, 0) is 6.07 Å². The third-order valence-electron chi connectivity index (χ3n) is 2.91. The summed E-state index contributed by atoms with van der Waals surface area (Å²) in [6.45, 7) is -0.564. The number of nitro benzene ring substituents is 1. The van der Waals surface area contributed by atoms with E-state index in [1.165, 1.54) is 36.2 Å². The Kier molecular flexibility index (Phi) is 3.83. The first-order valence-electron chi connectivity index (χ1n) is 5.99. The zero-order chi connectivity index (χ0) is 15.6. The summed E-state index contributed by atoms with van der Waals surface area (Å²) in [4.78, 5) is 47.2. The van der Waals surface area contributed by atoms with E-state index in [0.29, 0.717) is 0 Å². The summed E-state index contributed by atoms with van der Waals surface area (Å²) in [6, 6.07) is 5.04. The molecule has 110 valence electrons. The van der Waals surface area contributed by atoms with Crippen LogP contribution in [0.15, 0.2) is 24.3 Å². The molecule has 1 aliphatic rings. The summed E-state index contributed by atoms with van der Waals surface area (Å²) in [5.74, 6) is -1.17. The molecule has 9 nitrogen and oxygen atoms in total. The molecular weight excluding hydrogens is 280 g/mol. The molecule has 4 amide bonds. The highest BCUT2D eigenvalue weighted by atomic mass is 16.6. The van der Waals surface area contributed by atoms with Crippen LogP contribution in [0.3, 0.4) is 0 Å². The number of imide groups is 1. The topological polar surface area (TPSA) is 113 Å². The van der Waals surface area contributed by atoms with E-state index in [4.69, 9.17) is 0 Å². The van der Waals surface area contributed by atoms with Gasteiger partial charge in [0.2, 0.25) is 5.91 Å². The number of carbonyl (C=O) groups excluding carboxylic acids is 3. The standard InChI is InChI=1S/C12H12N4O5/c1-14-7-11(18)15(12(14)19)6-10(17)13-8-4-2-3-5-9(8)16(20)21/h2-5H,6-7H2,1H3,(H,13,17). The fourth-order valence-corrected chi connectivity index (χ4v) is 1.90. The molecule has 1 aromatic carbocycles. The zero-order valence-electron chi connectivity index (χ0n) is 11.1. The van der Waals surface area contributed by atoms with Gasteiger partial charge in [-0.3, -0.25) is 24.6 Å². The Morgan fingerprint density at radius 2 is 2.05 bits per heavy atom. The first-order valence-corrected chi connectivity index (χ1v) is 5.99. The smallest absolute Gasteiger partial charge is 0.319 e. The molecule has 0 saturated carbocycles. The van der Waals surface area contributed by atoms with Crippen LogP contribution in [-0.4, -0.2) is 52.7 Å². The maximum absolute atomic E-state index is 11.8. The van der Waals surface area contributed by atoms with Crippen LogP contribution in [0.4, 0.5) is 16.2 Å². The number of nitrogens with zero attached hydrogens (tertiary/aromatic N) is 3. The summed E-state index contributed by atoms with van der Waals surface area (Å²) >= 11 is 0. The van der Waals surface area contributed by atoms with Crippen molar-refractivity contribution in [1.29, 1.82) is 0 Å². The SMILES string of the molecule is CN1CC(=O)N(CC(=O)Nc2ccccc2[N+](=O)[O-])C1=O. The Balaban J connectivity index is 2.08. The molecule has 1 heterocycles. The molecule has 1 N–H and O–H groups in total. The van der Waals surface area contributed by atoms with E-state index < -0.39 is 29.3 Å². The monoisotopic (exact) mass is 292 g/mol. The molecule has 21 heavy (non-hydrogen) atoms. The fraction of sp³-hybridized carbons (Fsp3) is 0.250. The second kappa shape index (κ2) is 5.57. The van der Waals surface area contributed by atoms with Crippen LogP contribution in [0.2, 0.25) is 0 Å². The number of nitrogens with one attached hydrogen (secondary N) is 1. The first-order chi connectivity index (χ1) is 9.90. The number of nitro groups is 1. The van der Waals surface area contributed by atoms with Gasteiger partial charge in [-0.2, -0.15) is 0 Å². The Morgan fingerprint density at radius 3 is 2.62 bits per heavy atom. The quantitative estimate of drug-likeness (QED) is 0.491. The van der Waals surface area contributed by atoms with Crippen molar-refractivity contribution in [2.24, 2.45) is 0 Å². The lowest BCUT2D eigenvalue weighted by atomic mass is 10.2. The van der Waals surface area contributed by atoms with Gasteiger partial charge in [0.15, 0.2) is 0 Å². The lowest BCUT2D eigenvalue weighted by Crippen LogP contribution is -2.38. The molecule has 0 radical (unpaired) electrons. The lowest BCUT2D eigenvalue weighted by molar-refractivity contribution is -0.383. The molecule has 1 aromatic rings. The van der Waals surface area contributed by atoms with Gasteiger partial charge in [-0.25, -0.2) is 4.79 Å². The second-order valence-corrected chi connectivity index (χ2v) is 4.44. The van der Waals surface area contributed by atoms with E-state index in [-0.39, 0.29) is 17.9 Å². The molecule has 1 fully saturated rings. The predicted octanol–water partition coefficient (Wildman–Crippen LogP) is 0.427. The molecule has 0 bridgehead atoms. The molecule has 0 spiro atoms. The number of rotatable bonds is 4. The van der Waals surface area contributed by atoms with E-state index in [9.17, 15) is 24.5 Å². The second-order valence-electron chi connectivity index (χ2n) is 4.44. The minimum absolute atomic E-state index is 0.0138. The summed E-state index contributed by atoms with van der Waals surface area (Å²) in [6.07, 6.45) is 0. The highest BCUT2D eigenvalue weighted by Gasteiger charge is 2.34. The number of para-hydroxylation sites is 2. The Morgan fingerprint density at radius 1 is 1.38 bits per heavy atom. The van der Waals surface area contributed by atoms with Crippen molar-refractivity contribution in [3.05, 3.63) is 34.4 Å². The number of hydrogen-bond acceptors (Lipinski definition) is 5. The number of anilines is 1. The lowest BCUT2D eigenvalue weighted by Gasteiger charge is -2.13. The molecule has 0 unspecified atom stereocenters. The number of amides is 4. The summed E-state index contributed by atoms with van der Waals surface area (Å²) in [5, 5.41) is 13.2. The average molecular weight is 292 g/mol. The van der Waals surface area contributed by atoms with E-state index in [0.717, 1.165) is 4.90 Å². The van der Waals surface area contributed by atoms with Gasteiger partial charge in [-0.15, -0.1) is 0 Å². The van der Waals surface area contributed by atoms with Gasteiger partial charge < -0.3 is 10.2 Å². The van der Waals surface area contributed by atoms with E-state index >= 15 is 0 Å². The van der Waals surface area contributed by atoms with Crippen LogP contribution >= 0.6 is 0 Å². The van der Waals surface area contributed by atoms with Crippen molar-refractivity contribution >= 4 is 29.2 Å². The molecule has 2 rings (SSSR count). The Bertz CT molecular complexity index is 630. The van der Waals surface area contributed by atoms with Crippen molar-refractivity contribution in [2.75, 3.05) is 25.5 Å². The highest BCUT2D eigenvalue weighted by molar-refractivity contribution is 6.06. The van der Waals surface area contributed by atoms with Crippen LogP contribution in [0, 0.1) is 10.1 Å². The molecule has 1 aliphatic heterocycles. The Hall–Kier alpha value is -2.97. The van der Waals surface area contributed by atoms with E-state index in [1.54, 1.807) is 0 Å². The molecule has 1 saturated heterocycles.